The number of fused-ring (bicyclic) bond motifs is 9. The van der Waals surface area contributed by atoms with Crippen molar-refractivity contribution >= 4 is 75.4 Å². The van der Waals surface area contributed by atoms with E-state index in [1.165, 1.54) is 10.8 Å². The SMILES string of the molecule is c1ccc(-c2nc(-c3ccccc3)nc(-n3c4ccccc4c4ccc(-c5cccc(-c6ccc7c(c6)c6ccccc6n7-c6ccc7sc8cccnc8c7n6)c5)cc43)n2)cc1. The first kappa shape index (κ1) is 35.4. The van der Waals surface area contributed by atoms with Crippen LogP contribution in [0.1, 0.15) is 0 Å². The standard InChI is InChI=1S/C55H33N7S/c1-3-13-34(14-4-1)53-58-54(35-15-5-2-6-16-35)60-55(59-53)62-45-22-10-7-19-40(45)42-26-24-39(33-47(42)62)37-18-11-17-36(31-37)38-25-27-46-43(32-38)41-20-8-9-21-44(41)61(46)50-29-28-49-52(57-50)51-48(63-49)23-12-30-56-51/h1-33H. The molecule has 0 fully saturated rings. The van der Waals surface area contributed by atoms with E-state index in [1.54, 1.807) is 11.3 Å². The van der Waals surface area contributed by atoms with Gasteiger partial charge in [0.05, 0.1) is 31.5 Å². The van der Waals surface area contributed by atoms with Gasteiger partial charge < -0.3 is 0 Å². The Morgan fingerprint density at radius 2 is 0.905 bits per heavy atom. The molecule has 13 aromatic rings. The fourth-order valence-electron chi connectivity index (χ4n) is 9.12. The maximum atomic E-state index is 5.23. The van der Waals surface area contributed by atoms with Gasteiger partial charge in [0, 0.05) is 38.9 Å². The molecule has 0 saturated heterocycles. The molecule has 0 saturated carbocycles. The van der Waals surface area contributed by atoms with Crippen LogP contribution in [0.25, 0.3) is 121 Å². The van der Waals surface area contributed by atoms with Crippen molar-refractivity contribution in [2.24, 2.45) is 0 Å². The van der Waals surface area contributed by atoms with Gasteiger partial charge in [-0.1, -0.05) is 133 Å². The molecule has 0 N–H and O–H groups in total. The number of para-hydroxylation sites is 2. The second-order valence-electron chi connectivity index (χ2n) is 15.7. The van der Waals surface area contributed by atoms with Gasteiger partial charge in [0.15, 0.2) is 11.6 Å². The van der Waals surface area contributed by atoms with Crippen LogP contribution in [0.5, 0.6) is 0 Å². The van der Waals surface area contributed by atoms with Crippen molar-refractivity contribution in [1.29, 1.82) is 0 Å². The number of benzene rings is 7. The largest absolute Gasteiger partial charge is 0.294 e. The van der Waals surface area contributed by atoms with Crippen molar-refractivity contribution in [2.75, 3.05) is 0 Å². The number of rotatable bonds is 6. The summed E-state index contributed by atoms with van der Waals surface area (Å²) in [5, 5.41) is 4.63. The Hall–Kier alpha value is -8.33. The van der Waals surface area contributed by atoms with Crippen LogP contribution < -0.4 is 0 Å². The molecular weight excluding hydrogens is 791 g/mol. The average molecular weight is 824 g/mol. The molecule has 13 rings (SSSR count). The third-order valence-electron chi connectivity index (χ3n) is 12.1. The van der Waals surface area contributed by atoms with Crippen molar-refractivity contribution in [3.05, 3.63) is 200 Å². The topological polar surface area (TPSA) is 74.3 Å². The zero-order valence-electron chi connectivity index (χ0n) is 33.6. The summed E-state index contributed by atoms with van der Waals surface area (Å²) in [4.78, 5) is 25.2. The first-order chi connectivity index (χ1) is 31.2. The number of aromatic nitrogens is 7. The van der Waals surface area contributed by atoms with Gasteiger partial charge in [0.25, 0.3) is 0 Å². The zero-order chi connectivity index (χ0) is 41.4. The first-order valence-electron chi connectivity index (χ1n) is 20.9. The van der Waals surface area contributed by atoms with E-state index >= 15 is 0 Å². The summed E-state index contributed by atoms with van der Waals surface area (Å²) in [6, 6.07) is 68.1. The molecule has 7 nitrogen and oxygen atoms in total. The molecule has 294 valence electrons. The lowest BCUT2D eigenvalue weighted by molar-refractivity contribution is 0.953. The lowest BCUT2D eigenvalue weighted by atomic mass is 9.97. The minimum Gasteiger partial charge on any atom is -0.294 e. The van der Waals surface area contributed by atoms with Crippen molar-refractivity contribution < 1.29 is 0 Å². The van der Waals surface area contributed by atoms with Crippen LogP contribution in [0.3, 0.4) is 0 Å². The van der Waals surface area contributed by atoms with Crippen LogP contribution >= 0.6 is 11.3 Å². The Kier molecular flexibility index (Phi) is 7.94. The molecule has 6 aromatic heterocycles. The second-order valence-corrected chi connectivity index (χ2v) is 16.8. The summed E-state index contributed by atoms with van der Waals surface area (Å²) >= 11 is 1.73. The van der Waals surface area contributed by atoms with E-state index in [4.69, 9.17) is 24.9 Å². The van der Waals surface area contributed by atoms with Crippen LogP contribution in [0.4, 0.5) is 0 Å². The quantitative estimate of drug-likeness (QED) is 0.167. The van der Waals surface area contributed by atoms with Crippen LogP contribution in [-0.2, 0) is 0 Å². The van der Waals surface area contributed by atoms with Crippen molar-refractivity contribution in [1.82, 2.24) is 34.1 Å². The average Bonchev–Trinajstić information content (AvgIpc) is 4.01. The molecule has 6 heterocycles. The van der Waals surface area contributed by atoms with E-state index in [0.29, 0.717) is 17.6 Å². The molecule has 0 radical (unpaired) electrons. The summed E-state index contributed by atoms with van der Waals surface area (Å²) < 4.78 is 6.75. The number of nitrogens with zero attached hydrogens (tertiary/aromatic N) is 7. The maximum Gasteiger partial charge on any atom is 0.238 e. The number of hydrogen-bond donors (Lipinski definition) is 0. The molecule has 0 aliphatic rings. The van der Waals surface area contributed by atoms with Crippen molar-refractivity contribution in [3.63, 3.8) is 0 Å². The molecule has 0 atom stereocenters. The van der Waals surface area contributed by atoms with Gasteiger partial charge in [-0.25, -0.2) is 9.97 Å². The van der Waals surface area contributed by atoms with Gasteiger partial charge in [-0.05, 0) is 82.9 Å². The fraction of sp³-hybridized carbons (Fsp3) is 0. The van der Waals surface area contributed by atoms with Crippen molar-refractivity contribution in [3.8, 4) is 56.8 Å². The van der Waals surface area contributed by atoms with Crippen LogP contribution in [-0.4, -0.2) is 34.1 Å². The smallest absolute Gasteiger partial charge is 0.238 e. The van der Waals surface area contributed by atoms with Gasteiger partial charge in [-0.3, -0.25) is 14.1 Å². The third kappa shape index (κ3) is 5.76. The Balaban J connectivity index is 0.942. The van der Waals surface area contributed by atoms with Crippen LogP contribution in [0, 0.1) is 0 Å². The van der Waals surface area contributed by atoms with Gasteiger partial charge in [0.2, 0.25) is 5.95 Å². The molecule has 0 bridgehead atoms. The maximum absolute atomic E-state index is 5.23. The summed E-state index contributed by atoms with van der Waals surface area (Å²) in [6.45, 7) is 0. The Morgan fingerprint density at radius 3 is 1.65 bits per heavy atom. The van der Waals surface area contributed by atoms with E-state index in [2.05, 4.69) is 137 Å². The molecular formula is C55H33N7S. The number of pyridine rings is 2. The van der Waals surface area contributed by atoms with E-state index in [9.17, 15) is 0 Å². The second kappa shape index (κ2) is 14.1. The van der Waals surface area contributed by atoms with E-state index in [1.807, 2.05) is 72.9 Å². The molecule has 0 amide bonds. The first-order valence-corrected chi connectivity index (χ1v) is 21.7. The van der Waals surface area contributed by atoms with Gasteiger partial charge in [-0.15, -0.1) is 11.3 Å². The van der Waals surface area contributed by atoms with E-state index in [-0.39, 0.29) is 0 Å². The third-order valence-corrected chi connectivity index (χ3v) is 13.1. The summed E-state index contributed by atoms with van der Waals surface area (Å²) in [5.74, 6) is 2.70. The zero-order valence-corrected chi connectivity index (χ0v) is 34.4. The molecule has 0 spiro atoms. The minimum absolute atomic E-state index is 0.572. The molecule has 0 aliphatic carbocycles. The van der Waals surface area contributed by atoms with E-state index < -0.39 is 0 Å². The summed E-state index contributed by atoms with van der Waals surface area (Å²) in [5.41, 5.74) is 12.5. The molecule has 0 aliphatic heterocycles. The van der Waals surface area contributed by atoms with Gasteiger partial charge >= 0.3 is 0 Å². The van der Waals surface area contributed by atoms with Crippen molar-refractivity contribution in [2.45, 2.75) is 0 Å². The monoisotopic (exact) mass is 823 g/mol. The lowest BCUT2D eigenvalue weighted by Crippen LogP contribution is -2.06. The van der Waals surface area contributed by atoms with Gasteiger partial charge in [-0.2, -0.15) is 9.97 Å². The minimum atomic E-state index is 0.572. The normalized spacial score (nSPS) is 11.8. The molecule has 63 heavy (non-hydrogen) atoms. The summed E-state index contributed by atoms with van der Waals surface area (Å²) in [6.07, 6.45) is 1.85. The van der Waals surface area contributed by atoms with Crippen LogP contribution in [0.2, 0.25) is 0 Å². The highest BCUT2D eigenvalue weighted by molar-refractivity contribution is 7.25. The fourth-order valence-corrected chi connectivity index (χ4v) is 10.1. The Labute approximate surface area is 364 Å². The Morgan fingerprint density at radius 1 is 0.333 bits per heavy atom. The molecule has 7 aromatic carbocycles. The highest BCUT2D eigenvalue weighted by atomic mass is 32.1. The number of thiophene rings is 1. The molecule has 8 heteroatoms. The van der Waals surface area contributed by atoms with Gasteiger partial charge in [0.1, 0.15) is 16.9 Å². The van der Waals surface area contributed by atoms with E-state index in [0.717, 1.165) is 92.5 Å². The lowest BCUT2D eigenvalue weighted by Gasteiger charge is -2.12. The predicted molar refractivity (Wildman–Crippen MR) is 259 cm³/mol. The predicted octanol–water partition coefficient (Wildman–Crippen LogP) is 13.9. The highest BCUT2D eigenvalue weighted by Crippen LogP contribution is 2.39. The number of hydrogen-bond acceptors (Lipinski definition) is 6. The molecule has 0 unspecified atom stereocenters. The van der Waals surface area contributed by atoms with Crippen LogP contribution in [0.15, 0.2) is 200 Å². The summed E-state index contributed by atoms with van der Waals surface area (Å²) in [7, 11) is 0. The highest BCUT2D eigenvalue weighted by Gasteiger charge is 2.20. The Bertz CT molecular complexity index is 3870.